The second-order valence-corrected chi connectivity index (χ2v) is 6.97. The Morgan fingerprint density at radius 1 is 1.28 bits per heavy atom. The van der Waals surface area contributed by atoms with Gasteiger partial charge in [0, 0.05) is 25.0 Å². The Bertz CT molecular complexity index is 684. The van der Waals surface area contributed by atoms with Crippen molar-refractivity contribution in [3.8, 4) is 0 Å². The molecule has 1 aromatic carbocycles. The van der Waals surface area contributed by atoms with Gasteiger partial charge in [-0.15, -0.1) is 11.3 Å². The highest BCUT2D eigenvalue weighted by Crippen LogP contribution is 2.14. The molecular formula is C18H22FN3O2S. The lowest BCUT2D eigenvalue weighted by Crippen LogP contribution is -2.35. The molecule has 134 valence electrons. The SMILES string of the molecule is O=C(Cc1csc(CN2CCOCC2)n1)NCCc1ccc(F)cc1. The molecule has 7 heteroatoms. The van der Waals surface area contributed by atoms with Crippen LogP contribution in [0.5, 0.6) is 0 Å². The average molecular weight is 363 g/mol. The molecule has 1 aliphatic rings. The maximum Gasteiger partial charge on any atom is 0.226 e. The lowest BCUT2D eigenvalue weighted by molar-refractivity contribution is -0.120. The van der Waals surface area contributed by atoms with E-state index in [9.17, 15) is 9.18 Å². The Kier molecular flexibility index (Phi) is 6.49. The molecule has 1 saturated heterocycles. The highest BCUT2D eigenvalue weighted by molar-refractivity contribution is 7.09. The van der Waals surface area contributed by atoms with E-state index in [0.717, 1.165) is 49.1 Å². The van der Waals surface area contributed by atoms with Crippen LogP contribution in [0.1, 0.15) is 16.3 Å². The van der Waals surface area contributed by atoms with E-state index >= 15 is 0 Å². The van der Waals surface area contributed by atoms with Crippen molar-refractivity contribution in [3.05, 3.63) is 51.7 Å². The van der Waals surface area contributed by atoms with Crippen LogP contribution in [0.15, 0.2) is 29.6 Å². The van der Waals surface area contributed by atoms with Gasteiger partial charge in [-0.2, -0.15) is 0 Å². The Balaban J connectivity index is 1.39. The van der Waals surface area contributed by atoms with Crippen molar-refractivity contribution in [1.82, 2.24) is 15.2 Å². The van der Waals surface area contributed by atoms with Crippen LogP contribution in [-0.2, 0) is 28.9 Å². The van der Waals surface area contributed by atoms with Crippen LogP contribution < -0.4 is 5.32 Å². The molecule has 0 unspecified atom stereocenters. The number of nitrogens with zero attached hydrogens (tertiary/aromatic N) is 2. The summed E-state index contributed by atoms with van der Waals surface area (Å²) in [4.78, 5) is 18.9. The number of morpholine rings is 1. The first kappa shape index (κ1) is 18.0. The number of hydrogen-bond donors (Lipinski definition) is 1. The molecule has 2 aromatic rings. The number of rotatable bonds is 7. The lowest BCUT2D eigenvalue weighted by Gasteiger charge is -2.25. The zero-order valence-electron chi connectivity index (χ0n) is 14.0. The molecule has 1 aliphatic heterocycles. The van der Waals surface area contributed by atoms with E-state index in [0.29, 0.717) is 19.4 Å². The number of ether oxygens (including phenoxy) is 1. The summed E-state index contributed by atoms with van der Waals surface area (Å²) in [6.07, 6.45) is 0.981. The first-order valence-electron chi connectivity index (χ1n) is 8.43. The highest BCUT2D eigenvalue weighted by Gasteiger charge is 2.13. The molecule has 2 heterocycles. The van der Waals surface area contributed by atoms with E-state index in [1.165, 1.54) is 12.1 Å². The summed E-state index contributed by atoms with van der Waals surface area (Å²) in [5, 5.41) is 5.88. The molecule has 0 saturated carbocycles. The van der Waals surface area contributed by atoms with Crippen LogP contribution in [0.3, 0.4) is 0 Å². The summed E-state index contributed by atoms with van der Waals surface area (Å²) in [5.41, 5.74) is 1.82. The van der Waals surface area contributed by atoms with Gasteiger partial charge < -0.3 is 10.1 Å². The predicted octanol–water partition coefficient (Wildman–Crippen LogP) is 2.02. The third kappa shape index (κ3) is 5.88. The number of carbonyl (C=O) groups excluding carboxylic acids is 1. The maximum atomic E-state index is 12.8. The molecule has 0 bridgehead atoms. The molecule has 1 fully saturated rings. The topological polar surface area (TPSA) is 54.5 Å². The van der Waals surface area contributed by atoms with Crippen molar-refractivity contribution in [2.45, 2.75) is 19.4 Å². The van der Waals surface area contributed by atoms with E-state index in [-0.39, 0.29) is 11.7 Å². The van der Waals surface area contributed by atoms with E-state index in [1.54, 1.807) is 23.5 Å². The normalized spacial score (nSPS) is 15.2. The third-order valence-corrected chi connectivity index (χ3v) is 4.94. The van der Waals surface area contributed by atoms with E-state index < -0.39 is 0 Å². The van der Waals surface area contributed by atoms with Crippen LogP contribution in [0.25, 0.3) is 0 Å². The van der Waals surface area contributed by atoms with Crippen LogP contribution >= 0.6 is 11.3 Å². The molecule has 5 nitrogen and oxygen atoms in total. The molecule has 0 aliphatic carbocycles. The summed E-state index contributed by atoms with van der Waals surface area (Å²) in [6, 6.07) is 6.34. The Labute approximate surface area is 150 Å². The summed E-state index contributed by atoms with van der Waals surface area (Å²) in [6.45, 7) is 4.76. The van der Waals surface area contributed by atoms with Gasteiger partial charge in [-0.25, -0.2) is 9.37 Å². The minimum Gasteiger partial charge on any atom is -0.379 e. The number of aromatic nitrogens is 1. The summed E-state index contributed by atoms with van der Waals surface area (Å²) >= 11 is 1.60. The number of benzene rings is 1. The fraction of sp³-hybridized carbons (Fsp3) is 0.444. The average Bonchev–Trinajstić information content (AvgIpc) is 3.04. The quantitative estimate of drug-likeness (QED) is 0.818. The zero-order valence-corrected chi connectivity index (χ0v) is 14.9. The van der Waals surface area contributed by atoms with Gasteiger partial charge in [0.05, 0.1) is 31.9 Å². The van der Waals surface area contributed by atoms with Crippen molar-refractivity contribution in [1.29, 1.82) is 0 Å². The first-order chi connectivity index (χ1) is 12.2. The summed E-state index contributed by atoms with van der Waals surface area (Å²) in [7, 11) is 0. The van der Waals surface area contributed by atoms with Gasteiger partial charge in [0.25, 0.3) is 0 Å². The molecule has 3 rings (SSSR count). The Morgan fingerprint density at radius 2 is 2.04 bits per heavy atom. The smallest absolute Gasteiger partial charge is 0.226 e. The van der Waals surface area contributed by atoms with E-state index in [1.807, 2.05) is 5.38 Å². The lowest BCUT2D eigenvalue weighted by atomic mass is 10.1. The highest BCUT2D eigenvalue weighted by atomic mass is 32.1. The van der Waals surface area contributed by atoms with Crippen molar-refractivity contribution in [3.63, 3.8) is 0 Å². The van der Waals surface area contributed by atoms with Crippen LogP contribution in [-0.4, -0.2) is 48.6 Å². The van der Waals surface area contributed by atoms with Crippen molar-refractivity contribution in [2.24, 2.45) is 0 Å². The molecule has 25 heavy (non-hydrogen) atoms. The number of carbonyl (C=O) groups is 1. The van der Waals surface area contributed by atoms with Crippen molar-refractivity contribution in [2.75, 3.05) is 32.8 Å². The maximum absolute atomic E-state index is 12.8. The molecule has 0 spiro atoms. The molecule has 1 N–H and O–H groups in total. The van der Waals surface area contributed by atoms with Gasteiger partial charge in [-0.05, 0) is 24.1 Å². The number of thiazole rings is 1. The van der Waals surface area contributed by atoms with Gasteiger partial charge in [0.2, 0.25) is 5.91 Å². The van der Waals surface area contributed by atoms with Crippen LogP contribution in [0.4, 0.5) is 4.39 Å². The molecule has 0 atom stereocenters. The minimum atomic E-state index is -0.246. The largest absolute Gasteiger partial charge is 0.379 e. The number of halogens is 1. The number of nitrogens with one attached hydrogen (secondary N) is 1. The molecular weight excluding hydrogens is 341 g/mol. The minimum absolute atomic E-state index is 0.0367. The summed E-state index contributed by atoms with van der Waals surface area (Å²) < 4.78 is 18.2. The van der Waals surface area contributed by atoms with Gasteiger partial charge in [0.1, 0.15) is 10.8 Å². The Morgan fingerprint density at radius 3 is 2.80 bits per heavy atom. The Hall–Kier alpha value is -1.83. The van der Waals surface area contributed by atoms with E-state index in [2.05, 4.69) is 15.2 Å². The monoisotopic (exact) mass is 363 g/mol. The van der Waals surface area contributed by atoms with E-state index in [4.69, 9.17) is 4.74 Å². The second-order valence-electron chi connectivity index (χ2n) is 6.02. The van der Waals surface area contributed by atoms with Gasteiger partial charge in [-0.3, -0.25) is 9.69 Å². The van der Waals surface area contributed by atoms with Gasteiger partial charge in [0.15, 0.2) is 0 Å². The molecule has 1 aromatic heterocycles. The first-order valence-corrected chi connectivity index (χ1v) is 9.31. The van der Waals surface area contributed by atoms with Crippen LogP contribution in [0.2, 0.25) is 0 Å². The molecule has 1 amide bonds. The number of amides is 1. The second kappa shape index (κ2) is 9.03. The predicted molar refractivity (Wildman–Crippen MR) is 95.0 cm³/mol. The van der Waals surface area contributed by atoms with Crippen molar-refractivity contribution < 1.29 is 13.9 Å². The van der Waals surface area contributed by atoms with Crippen LogP contribution in [0, 0.1) is 5.82 Å². The standard InChI is InChI=1S/C18H22FN3O2S/c19-15-3-1-14(2-4-15)5-6-20-17(23)11-16-13-25-18(21-16)12-22-7-9-24-10-8-22/h1-4,13H,5-12H2,(H,20,23). The van der Waals surface area contributed by atoms with Crippen molar-refractivity contribution >= 4 is 17.2 Å². The number of hydrogen-bond acceptors (Lipinski definition) is 5. The fourth-order valence-electron chi connectivity index (χ4n) is 2.68. The van der Waals surface area contributed by atoms with Gasteiger partial charge in [-0.1, -0.05) is 12.1 Å². The zero-order chi connectivity index (χ0) is 17.5. The fourth-order valence-corrected chi connectivity index (χ4v) is 3.51. The third-order valence-electron chi connectivity index (χ3n) is 4.05. The van der Waals surface area contributed by atoms with Gasteiger partial charge >= 0.3 is 0 Å². The molecule has 0 radical (unpaired) electrons. The summed E-state index contributed by atoms with van der Waals surface area (Å²) in [5.74, 6) is -0.283.